The molecule has 0 amide bonds. The molecule has 1 aromatic rings. The van der Waals surface area contributed by atoms with Gasteiger partial charge in [0, 0.05) is 0 Å². The molecule has 66 valence electrons. The topological polar surface area (TPSA) is 101 Å². The fraction of sp³-hybridized carbons (Fsp3) is 0. The minimum atomic E-state index is -2.17. The largest absolute Gasteiger partial charge is 0.631 e. The molecule has 5 N–H and O–H groups in total. The Labute approximate surface area is 69.3 Å². The van der Waals surface area contributed by atoms with Crippen molar-refractivity contribution in [3.8, 4) is 11.5 Å². The first-order chi connectivity index (χ1) is 5.54. The third kappa shape index (κ3) is 5.54. The van der Waals surface area contributed by atoms with Crippen LogP contribution in [0.15, 0.2) is 24.3 Å². The van der Waals surface area contributed by atoms with E-state index in [1.165, 1.54) is 12.1 Å². The quantitative estimate of drug-likeness (QED) is 0.256. The first kappa shape index (κ1) is 10.8. The van der Waals surface area contributed by atoms with Crippen molar-refractivity contribution in [2.24, 2.45) is 0 Å². The van der Waals surface area contributed by atoms with E-state index in [0.29, 0.717) is 0 Å². The third-order valence-electron chi connectivity index (χ3n) is 0.882. The zero-order chi connectivity index (χ0) is 9.56. The zero-order valence-corrected chi connectivity index (χ0v) is 6.12. The van der Waals surface area contributed by atoms with Gasteiger partial charge in [0.05, 0.1) is 0 Å². The lowest BCUT2D eigenvalue weighted by Crippen LogP contribution is -2.07. The minimum Gasteiger partial charge on any atom is -0.504 e. The molecule has 0 heterocycles. The second-order valence-corrected chi connectivity index (χ2v) is 1.84. The molecule has 0 saturated heterocycles. The van der Waals surface area contributed by atoms with Crippen LogP contribution in [0.5, 0.6) is 11.5 Å². The van der Waals surface area contributed by atoms with Crippen LogP contribution >= 0.6 is 0 Å². The molecule has 0 bridgehead atoms. The number of rotatable bonds is 0. The first-order valence-electron chi connectivity index (χ1n) is 3.05. The van der Waals surface area contributed by atoms with Gasteiger partial charge in [-0.05, 0) is 12.1 Å². The second-order valence-electron chi connectivity index (χ2n) is 1.84. The molecule has 5 nitrogen and oxygen atoms in total. The normalized spacial score (nSPS) is 8.25. The van der Waals surface area contributed by atoms with Gasteiger partial charge in [-0.3, -0.25) is 0 Å². The summed E-state index contributed by atoms with van der Waals surface area (Å²) in [4.78, 5) is 0. The Kier molecular flexibility index (Phi) is 4.86. The number of phenolic OH excluding ortho intramolecular Hbond substituents is 2. The van der Waals surface area contributed by atoms with Crippen molar-refractivity contribution in [3.63, 3.8) is 0 Å². The second kappa shape index (κ2) is 5.42. The first-order valence-corrected chi connectivity index (χ1v) is 3.05. The third-order valence-corrected chi connectivity index (χ3v) is 0.882. The summed E-state index contributed by atoms with van der Waals surface area (Å²) in [5.74, 6) is -0.153. The van der Waals surface area contributed by atoms with Gasteiger partial charge in [-0.2, -0.15) is 0 Å². The molecule has 6 heteroatoms. The van der Waals surface area contributed by atoms with Crippen molar-refractivity contribution < 1.29 is 25.3 Å². The molecule has 0 aliphatic rings. The van der Waals surface area contributed by atoms with Crippen LogP contribution in [0.1, 0.15) is 0 Å². The molecule has 0 aromatic heterocycles. The van der Waals surface area contributed by atoms with Crippen LogP contribution in [0, 0.1) is 0 Å². The van der Waals surface area contributed by atoms with Gasteiger partial charge in [0.2, 0.25) is 0 Å². The summed E-state index contributed by atoms with van der Waals surface area (Å²) in [7, 11) is -2.17. The van der Waals surface area contributed by atoms with Crippen LogP contribution in [-0.2, 0) is 0 Å². The Morgan fingerprint density at radius 1 is 0.833 bits per heavy atom. The fourth-order valence-corrected chi connectivity index (χ4v) is 0.464. The lowest BCUT2D eigenvalue weighted by molar-refractivity contribution is 0.278. The number of aromatic hydroxyl groups is 2. The van der Waals surface area contributed by atoms with Gasteiger partial charge in [0.25, 0.3) is 0 Å². The van der Waals surface area contributed by atoms with E-state index in [1.807, 2.05) is 0 Å². The van der Waals surface area contributed by atoms with E-state index in [0.717, 1.165) is 0 Å². The van der Waals surface area contributed by atoms with Gasteiger partial charge in [-0.15, -0.1) is 0 Å². The van der Waals surface area contributed by atoms with Crippen molar-refractivity contribution in [3.05, 3.63) is 24.3 Å². The highest BCUT2D eigenvalue weighted by molar-refractivity contribution is 6.30. The van der Waals surface area contributed by atoms with E-state index in [1.54, 1.807) is 12.1 Å². The molecule has 0 fully saturated rings. The van der Waals surface area contributed by atoms with Crippen molar-refractivity contribution in [1.29, 1.82) is 0 Å². The molecular formula is C6H9BO5. The van der Waals surface area contributed by atoms with Gasteiger partial charge in [-0.1, -0.05) is 12.1 Å². The smallest absolute Gasteiger partial charge is 0.504 e. The maximum absolute atomic E-state index is 8.67. The molecule has 0 aliphatic heterocycles. The number of hydrogen-bond donors (Lipinski definition) is 5. The predicted molar refractivity (Wildman–Crippen MR) is 42.2 cm³/mol. The summed E-state index contributed by atoms with van der Waals surface area (Å²) in [5, 5.41) is 38.8. The van der Waals surface area contributed by atoms with E-state index in [4.69, 9.17) is 25.3 Å². The Hall–Kier alpha value is -1.24. The lowest BCUT2D eigenvalue weighted by Gasteiger charge is -1.91. The van der Waals surface area contributed by atoms with Gasteiger partial charge in [-0.25, -0.2) is 0 Å². The highest BCUT2D eigenvalue weighted by atomic mass is 16.5. The lowest BCUT2D eigenvalue weighted by atomic mass is 10.3. The standard InChI is InChI=1S/C6H6O2.BH3O3/c7-5-3-1-2-4-6(5)8;2-1(3)4/h1-4,7-8H;2-4H. The Balaban J connectivity index is 0.000000261. The van der Waals surface area contributed by atoms with Crippen LogP contribution in [-0.4, -0.2) is 32.6 Å². The summed E-state index contributed by atoms with van der Waals surface area (Å²) >= 11 is 0. The SMILES string of the molecule is OB(O)O.Oc1ccccc1O. The van der Waals surface area contributed by atoms with E-state index >= 15 is 0 Å². The Bertz CT molecular complexity index is 203. The molecule has 0 aliphatic carbocycles. The number of para-hydroxylation sites is 2. The van der Waals surface area contributed by atoms with Crippen molar-refractivity contribution in [1.82, 2.24) is 0 Å². The molecule has 0 unspecified atom stereocenters. The summed E-state index contributed by atoms with van der Waals surface area (Å²) in [6.07, 6.45) is 0. The average molecular weight is 172 g/mol. The number of hydrogen-bond acceptors (Lipinski definition) is 5. The monoisotopic (exact) mass is 172 g/mol. The maximum Gasteiger partial charge on any atom is 0.631 e. The van der Waals surface area contributed by atoms with E-state index < -0.39 is 7.32 Å². The molecule has 1 rings (SSSR count). The summed E-state index contributed by atoms with van der Waals surface area (Å²) in [5.41, 5.74) is 0. The fourth-order valence-electron chi connectivity index (χ4n) is 0.464. The van der Waals surface area contributed by atoms with Gasteiger partial charge >= 0.3 is 7.32 Å². The summed E-state index contributed by atoms with van der Waals surface area (Å²) in [6.45, 7) is 0. The Morgan fingerprint density at radius 3 is 1.25 bits per heavy atom. The molecule has 0 atom stereocenters. The van der Waals surface area contributed by atoms with Crippen molar-refractivity contribution >= 4 is 7.32 Å². The predicted octanol–water partition coefficient (Wildman–Crippen LogP) is -0.954. The molecule has 12 heavy (non-hydrogen) atoms. The summed E-state index contributed by atoms with van der Waals surface area (Å²) < 4.78 is 0. The average Bonchev–Trinajstić information content (AvgIpc) is 1.94. The van der Waals surface area contributed by atoms with Crippen molar-refractivity contribution in [2.45, 2.75) is 0 Å². The highest BCUT2D eigenvalue weighted by Crippen LogP contribution is 2.21. The molecule has 1 aromatic carbocycles. The Morgan fingerprint density at radius 2 is 1.08 bits per heavy atom. The molecular weight excluding hydrogens is 163 g/mol. The number of phenols is 2. The minimum absolute atomic E-state index is 0.0764. The van der Waals surface area contributed by atoms with Crippen LogP contribution in [0.25, 0.3) is 0 Å². The maximum atomic E-state index is 8.67. The van der Waals surface area contributed by atoms with E-state index in [2.05, 4.69) is 0 Å². The molecule has 0 radical (unpaired) electrons. The van der Waals surface area contributed by atoms with E-state index in [-0.39, 0.29) is 11.5 Å². The van der Waals surface area contributed by atoms with Crippen molar-refractivity contribution in [2.75, 3.05) is 0 Å². The highest BCUT2D eigenvalue weighted by Gasteiger charge is 1.92. The van der Waals surface area contributed by atoms with Crippen LogP contribution in [0.4, 0.5) is 0 Å². The van der Waals surface area contributed by atoms with Gasteiger partial charge < -0.3 is 25.3 Å². The molecule has 0 spiro atoms. The zero-order valence-electron chi connectivity index (χ0n) is 6.12. The van der Waals surface area contributed by atoms with Crippen LogP contribution in [0.3, 0.4) is 0 Å². The van der Waals surface area contributed by atoms with Crippen LogP contribution < -0.4 is 0 Å². The van der Waals surface area contributed by atoms with E-state index in [9.17, 15) is 0 Å². The van der Waals surface area contributed by atoms with Gasteiger partial charge in [0.15, 0.2) is 11.5 Å². The molecule has 0 saturated carbocycles. The number of benzene rings is 1. The van der Waals surface area contributed by atoms with Crippen LogP contribution in [0.2, 0.25) is 0 Å². The summed E-state index contributed by atoms with van der Waals surface area (Å²) in [6, 6.07) is 6.15. The van der Waals surface area contributed by atoms with Gasteiger partial charge in [0.1, 0.15) is 0 Å².